The maximum absolute atomic E-state index is 6.29. The summed E-state index contributed by atoms with van der Waals surface area (Å²) in [5, 5.41) is 5.13. The van der Waals surface area contributed by atoms with Crippen LogP contribution < -0.4 is 10.2 Å². The van der Waals surface area contributed by atoms with Crippen LogP contribution in [0.25, 0.3) is 22.3 Å². The zero-order valence-corrected chi connectivity index (χ0v) is 13.8. The summed E-state index contributed by atoms with van der Waals surface area (Å²) < 4.78 is 2.10. The standard InChI is InChI=1S/C18H19ClN4/c1-22-17(12-15-16(19)6-7-21-18(15)22)13-2-4-14(5-3-13)23-10-8-20-9-11-23/h2-7,12,20H,8-11H2,1H3. The Labute approximate surface area is 140 Å². The number of rotatable bonds is 2. The number of piperazine rings is 1. The summed E-state index contributed by atoms with van der Waals surface area (Å²) in [5.74, 6) is 0. The van der Waals surface area contributed by atoms with Gasteiger partial charge >= 0.3 is 0 Å². The predicted octanol–water partition coefficient (Wildman–Crippen LogP) is 3.30. The molecule has 0 radical (unpaired) electrons. The molecule has 4 nitrogen and oxygen atoms in total. The molecule has 23 heavy (non-hydrogen) atoms. The molecule has 1 saturated heterocycles. The molecule has 1 aromatic carbocycles. The first-order valence-electron chi connectivity index (χ1n) is 7.90. The van der Waals surface area contributed by atoms with Crippen LogP contribution in [-0.4, -0.2) is 35.7 Å². The quantitative estimate of drug-likeness (QED) is 0.784. The van der Waals surface area contributed by atoms with Crippen LogP contribution in [0, 0.1) is 0 Å². The van der Waals surface area contributed by atoms with Crippen LogP contribution in [0.1, 0.15) is 0 Å². The van der Waals surface area contributed by atoms with Gasteiger partial charge in [-0.25, -0.2) is 4.98 Å². The smallest absolute Gasteiger partial charge is 0.141 e. The number of fused-ring (bicyclic) bond motifs is 1. The lowest BCUT2D eigenvalue weighted by molar-refractivity contribution is 0.589. The van der Waals surface area contributed by atoms with Gasteiger partial charge in [0.2, 0.25) is 0 Å². The second kappa shape index (κ2) is 5.87. The van der Waals surface area contributed by atoms with Crippen molar-refractivity contribution >= 4 is 28.3 Å². The molecule has 1 fully saturated rings. The molecule has 2 aromatic heterocycles. The molecule has 3 aromatic rings. The molecule has 1 N–H and O–H groups in total. The second-order valence-corrected chi connectivity index (χ2v) is 6.31. The molecule has 0 aliphatic carbocycles. The maximum atomic E-state index is 6.29. The Balaban J connectivity index is 1.70. The van der Waals surface area contributed by atoms with Gasteiger partial charge in [-0.15, -0.1) is 0 Å². The van der Waals surface area contributed by atoms with E-state index in [0.29, 0.717) is 0 Å². The third kappa shape index (κ3) is 2.58. The van der Waals surface area contributed by atoms with E-state index in [9.17, 15) is 0 Å². The van der Waals surface area contributed by atoms with Crippen molar-refractivity contribution in [3.8, 4) is 11.3 Å². The summed E-state index contributed by atoms with van der Waals surface area (Å²) in [7, 11) is 2.03. The fourth-order valence-electron chi connectivity index (χ4n) is 3.23. The highest BCUT2D eigenvalue weighted by atomic mass is 35.5. The molecule has 0 amide bonds. The Hall–Kier alpha value is -2.04. The van der Waals surface area contributed by atoms with Gasteiger partial charge in [0.25, 0.3) is 0 Å². The van der Waals surface area contributed by atoms with Crippen molar-refractivity contribution in [2.45, 2.75) is 0 Å². The first kappa shape index (κ1) is 14.5. The molecule has 0 spiro atoms. The van der Waals surface area contributed by atoms with Crippen LogP contribution in [-0.2, 0) is 7.05 Å². The Morgan fingerprint density at radius 3 is 2.52 bits per heavy atom. The highest BCUT2D eigenvalue weighted by Gasteiger charge is 2.13. The van der Waals surface area contributed by atoms with Gasteiger partial charge in [-0.05, 0) is 29.8 Å². The summed E-state index contributed by atoms with van der Waals surface area (Å²) in [6.07, 6.45) is 1.75. The van der Waals surface area contributed by atoms with Crippen molar-refractivity contribution in [1.82, 2.24) is 14.9 Å². The number of pyridine rings is 1. The van der Waals surface area contributed by atoms with E-state index < -0.39 is 0 Å². The minimum absolute atomic E-state index is 0.745. The van der Waals surface area contributed by atoms with E-state index in [1.165, 1.54) is 11.3 Å². The summed E-state index contributed by atoms with van der Waals surface area (Å²) in [6, 6.07) is 12.7. The molecular formula is C18H19ClN4. The topological polar surface area (TPSA) is 33.1 Å². The average molecular weight is 327 g/mol. The van der Waals surface area contributed by atoms with E-state index in [2.05, 4.69) is 50.1 Å². The Morgan fingerprint density at radius 2 is 1.83 bits per heavy atom. The summed E-state index contributed by atoms with van der Waals surface area (Å²) in [6.45, 7) is 4.23. The van der Waals surface area contributed by atoms with Crippen molar-refractivity contribution in [3.63, 3.8) is 0 Å². The second-order valence-electron chi connectivity index (χ2n) is 5.90. The van der Waals surface area contributed by atoms with Gasteiger partial charge in [0.05, 0.1) is 10.7 Å². The molecule has 0 saturated carbocycles. The van der Waals surface area contributed by atoms with Crippen LogP contribution in [0.3, 0.4) is 0 Å². The van der Waals surface area contributed by atoms with Crippen LogP contribution >= 0.6 is 11.6 Å². The third-order valence-corrected chi connectivity index (χ3v) is 4.85. The minimum atomic E-state index is 0.745. The van der Waals surface area contributed by atoms with Gasteiger partial charge in [0, 0.05) is 50.5 Å². The van der Waals surface area contributed by atoms with Gasteiger partial charge in [-0.2, -0.15) is 0 Å². The summed E-state index contributed by atoms with van der Waals surface area (Å²) in [5.41, 5.74) is 4.51. The molecule has 118 valence electrons. The lowest BCUT2D eigenvalue weighted by Gasteiger charge is -2.29. The van der Waals surface area contributed by atoms with Crippen LogP contribution in [0.4, 0.5) is 5.69 Å². The molecule has 3 heterocycles. The van der Waals surface area contributed by atoms with Crippen LogP contribution in [0.5, 0.6) is 0 Å². The van der Waals surface area contributed by atoms with E-state index in [-0.39, 0.29) is 0 Å². The number of nitrogens with one attached hydrogen (secondary N) is 1. The third-order valence-electron chi connectivity index (χ3n) is 4.52. The molecule has 4 rings (SSSR count). The monoisotopic (exact) mass is 326 g/mol. The lowest BCUT2D eigenvalue weighted by atomic mass is 10.1. The SMILES string of the molecule is Cn1c(-c2ccc(N3CCNCC3)cc2)cc2c(Cl)ccnc21. The molecule has 0 atom stereocenters. The summed E-state index contributed by atoms with van der Waals surface area (Å²) >= 11 is 6.29. The van der Waals surface area contributed by atoms with E-state index in [0.717, 1.165) is 47.9 Å². The minimum Gasteiger partial charge on any atom is -0.369 e. The highest BCUT2D eigenvalue weighted by molar-refractivity contribution is 6.35. The van der Waals surface area contributed by atoms with E-state index in [1.54, 1.807) is 6.20 Å². The molecule has 1 aliphatic rings. The van der Waals surface area contributed by atoms with Gasteiger partial charge in [0.15, 0.2) is 0 Å². The van der Waals surface area contributed by atoms with Gasteiger partial charge in [-0.1, -0.05) is 23.7 Å². The average Bonchev–Trinajstić information content (AvgIpc) is 2.94. The van der Waals surface area contributed by atoms with E-state index in [4.69, 9.17) is 11.6 Å². The number of hydrogen-bond acceptors (Lipinski definition) is 3. The van der Waals surface area contributed by atoms with Gasteiger partial charge < -0.3 is 14.8 Å². The summed E-state index contributed by atoms with van der Waals surface area (Å²) in [4.78, 5) is 6.86. The highest BCUT2D eigenvalue weighted by Crippen LogP contribution is 2.31. The fourth-order valence-corrected chi connectivity index (χ4v) is 3.43. The molecule has 0 unspecified atom stereocenters. The Morgan fingerprint density at radius 1 is 1.09 bits per heavy atom. The number of aryl methyl sites for hydroxylation is 1. The molecule has 1 aliphatic heterocycles. The molecule has 5 heteroatoms. The molecular weight excluding hydrogens is 308 g/mol. The number of benzene rings is 1. The van der Waals surface area contributed by atoms with E-state index >= 15 is 0 Å². The first-order chi connectivity index (χ1) is 11.2. The van der Waals surface area contributed by atoms with Crippen LogP contribution in [0.2, 0.25) is 5.02 Å². The molecule has 0 bridgehead atoms. The maximum Gasteiger partial charge on any atom is 0.141 e. The Kier molecular flexibility index (Phi) is 3.71. The normalized spacial score (nSPS) is 15.3. The fraction of sp³-hybridized carbons (Fsp3) is 0.278. The van der Waals surface area contributed by atoms with Crippen molar-refractivity contribution in [2.75, 3.05) is 31.1 Å². The number of anilines is 1. The van der Waals surface area contributed by atoms with Crippen molar-refractivity contribution < 1.29 is 0 Å². The predicted molar refractivity (Wildman–Crippen MR) is 96.2 cm³/mol. The van der Waals surface area contributed by atoms with Crippen molar-refractivity contribution in [2.24, 2.45) is 7.05 Å². The number of halogens is 1. The van der Waals surface area contributed by atoms with E-state index in [1.807, 2.05) is 13.1 Å². The van der Waals surface area contributed by atoms with Crippen molar-refractivity contribution in [1.29, 1.82) is 0 Å². The zero-order chi connectivity index (χ0) is 15.8. The number of aromatic nitrogens is 2. The first-order valence-corrected chi connectivity index (χ1v) is 8.28. The van der Waals surface area contributed by atoms with Crippen LogP contribution in [0.15, 0.2) is 42.6 Å². The van der Waals surface area contributed by atoms with Crippen molar-refractivity contribution in [3.05, 3.63) is 47.6 Å². The van der Waals surface area contributed by atoms with Gasteiger partial charge in [-0.3, -0.25) is 0 Å². The zero-order valence-electron chi connectivity index (χ0n) is 13.1. The largest absolute Gasteiger partial charge is 0.369 e. The number of hydrogen-bond donors (Lipinski definition) is 1. The van der Waals surface area contributed by atoms with Gasteiger partial charge in [0.1, 0.15) is 5.65 Å². The number of nitrogens with zero attached hydrogens (tertiary/aromatic N) is 3. The lowest BCUT2D eigenvalue weighted by Crippen LogP contribution is -2.43. The Bertz CT molecular complexity index is 832.